The zero-order valence-electron chi connectivity index (χ0n) is 8.96. The van der Waals surface area contributed by atoms with Crippen LogP contribution in [0.25, 0.3) is 0 Å². The highest BCUT2D eigenvalue weighted by molar-refractivity contribution is 5.69. The molecule has 1 unspecified atom stereocenters. The Morgan fingerprint density at radius 2 is 2.08 bits per heavy atom. The van der Waals surface area contributed by atoms with Gasteiger partial charge in [0.1, 0.15) is 0 Å². The van der Waals surface area contributed by atoms with Crippen molar-refractivity contribution in [2.45, 2.75) is 40.5 Å². The summed E-state index contributed by atoms with van der Waals surface area (Å²) in [4.78, 5) is 10.8. The highest BCUT2D eigenvalue weighted by Crippen LogP contribution is 2.06. The van der Waals surface area contributed by atoms with Crippen LogP contribution in [0, 0.1) is 17.2 Å². The van der Waals surface area contributed by atoms with Crippen LogP contribution in [0.15, 0.2) is 0 Å². The SMILES string of the molecule is CC.CCOC(=O)CC(C)CC#N. The van der Waals surface area contributed by atoms with E-state index in [9.17, 15) is 4.79 Å². The summed E-state index contributed by atoms with van der Waals surface area (Å²) in [5, 5.41) is 8.28. The Morgan fingerprint density at radius 3 is 2.46 bits per heavy atom. The Hall–Kier alpha value is -1.04. The van der Waals surface area contributed by atoms with Crippen LogP contribution in [0.2, 0.25) is 0 Å². The van der Waals surface area contributed by atoms with Crippen LogP contribution in [-0.4, -0.2) is 12.6 Å². The average Bonchev–Trinajstić information content (AvgIpc) is 2.08. The Kier molecular flexibility index (Phi) is 12.2. The molecule has 0 rings (SSSR count). The molecular formula is C10H19NO2. The monoisotopic (exact) mass is 185 g/mol. The van der Waals surface area contributed by atoms with Gasteiger partial charge >= 0.3 is 5.97 Å². The first-order valence-corrected chi connectivity index (χ1v) is 4.73. The first-order chi connectivity index (χ1) is 6.20. The number of esters is 1. The van der Waals surface area contributed by atoms with Crippen molar-refractivity contribution in [3.05, 3.63) is 0 Å². The summed E-state index contributed by atoms with van der Waals surface area (Å²) in [6.07, 6.45) is 0.764. The van der Waals surface area contributed by atoms with Crippen molar-refractivity contribution < 1.29 is 9.53 Å². The summed E-state index contributed by atoms with van der Waals surface area (Å²) in [7, 11) is 0. The molecule has 0 aromatic heterocycles. The second-order valence-electron chi connectivity index (χ2n) is 2.48. The van der Waals surface area contributed by atoms with Gasteiger partial charge in [-0.2, -0.15) is 5.26 Å². The molecule has 0 aliphatic carbocycles. The summed E-state index contributed by atoms with van der Waals surface area (Å²) in [5.74, 6) is -0.103. The number of hydrogen-bond donors (Lipinski definition) is 0. The lowest BCUT2D eigenvalue weighted by Crippen LogP contribution is -2.08. The van der Waals surface area contributed by atoms with Crippen LogP contribution in [0.3, 0.4) is 0 Å². The Bertz CT molecular complexity index is 161. The van der Waals surface area contributed by atoms with Gasteiger partial charge in [0, 0.05) is 12.8 Å². The van der Waals surface area contributed by atoms with E-state index in [-0.39, 0.29) is 11.9 Å². The van der Waals surface area contributed by atoms with Crippen LogP contribution in [-0.2, 0) is 9.53 Å². The molecular weight excluding hydrogens is 166 g/mol. The molecule has 0 amide bonds. The minimum Gasteiger partial charge on any atom is -0.466 e. The fourth-order valence-corrected chi connectivity index (χ4v) is 0.732. The van der Waals surface area contributed by atoms with E-state index in [0.717, 1.165) is 0 Å². The molecule has 0 aromatic carbocycles. The Morgan fingerprint density at radius 1 is 1.54 bits per heavy atom. The average molecular weight is 185 g/mol. The van der Waals surface area contributed by atoms with E-state index in [1.165, 1.54) is 0 Å². The first kappa shape index (κ1) is 14.5. The molecule has 0 fully saturated rings. The van der Waals surface area contributed by atoms with Crippen LogP contribution >= 0.6 is 0 Å². The number of nitriles is 1. The standard InChI is InChI=1S/C8H13NO2.C2H6/c1-3-11-8(10)6-7(2)4-5-9;1-2/h7H,3-4,6H2,1-2H3;1-2H3. The predicted molar refractivity (Wildman–Crippen MR) is 52.0 cm³/mol. The molecule has 13 heavy (non-hydrogen) atoms. The number of hydrogen-bond acceptors (Lipinski definition) is 3. The molecule has 0 bridgehead atoms. The van der Waals surface area contributed by atoms with Gasteiger partial charge in [-0.1, -0.05) is 20.8 Å². The van der Waals surface area contributed by atoms with Gasteiger partial charge in [0.15, 0.2) is 0 Å². The molecule has 0 N–H and O–H groups in total. The summed E-state index contributed by atoms with van der Waals surface area (Å²) >= 11 is 0. The third-order valence-corrected chi connectivity index (χ3v) is 1.26. The quantitative estimate of drug-likeness (QED) is 0.632. The van der Waals surface area contributed by atoms with Gasteiger partial charge < -0.3 is 4.74 Å². The van der Waals surface area contributed by atoms with Gasteiger partial charge in [-0.3, -0.25) is 4.79 Å². The molecule has 0 aliphatic rings. The maximum absolute atomic E-state index is 10.8. The predicted octanol–water partition coefficient (Wildman–Crippen LogP) is 2.52. The highest BCUT2D eigenvalue weighted by atomic mass is 16.5. The molecule has 0 aliphatic heterocycles. The summed E-state index contributed by atoms with van der Waals surface area (Å²) in [5.41, 5.74) is 0. The fraction of sp³-hybridized carbons (Fsp3) is 0.800. The smallest absolute Gasteiger partial charge is 0.306 e. The number of ether oxygens (including phenoxy) is 1. The molecule has 76 valence electrons. The second kappa shape index (κ2) is 11.0. The highest BCUT2D eigenvalue weighted by Gasteiger charge is 2.08. The van der Waals surface area contributed by atoms with Crippen LogP contribution in [0.4, 0.5) is 0 Å². The van der Waals surface area contributed by atoms with E-state index >= 15 is 0 Å². The van der Waals surface area contributed by atoms with Crippen LogP contribution in [0.1, 0.15) is 40.5 Å². The minimum atomic E-state index is -0.213. The van der Waals surface area contributed by atoms with Crippen molar-refractivity contribution in [2.75, 3.05) is 6.61 Å². The first-order valence-electron chi connectivity index (χ1n) is 4.73. The van der Waals surface area contributed by atoms with Crippen molar-refractivity contribution in [2.24, 2.45) is 5.92 Å². The van der Waals surface area contributed by atoms with Crippen molar-refractivity contribution in [3.63, 3.8) is 0 Å². The van der Waals surface area contributed by atoms with E-state index in [2.05, 4.69) is 0 Å². The van der Waals surface area contributed by atoms with Gasteiger partial charge in [-0.15, -0.1) is 0 Å². The van der Waals surface area contributed by atoms with Gasteiger partial charge in [0.05, 0.1) is 12.7 Å². The van der Waals surface area contributed by atoms with Crippen LogP contribution < -0.4 is 0 Å². The third kappa shape index (κ3) is 11.0. The Balaban J connectivity index is 0. The van der Waals surface area contributed by atoms with Gasteiger partial charge in [-0.05, 0) is 12.8 Å². The van der Waals surface area contributed by atoms with E-state index in [1.807, 2.05) is 26.8 Å². The molecule has 0 saturated heterocycles. The van der Waals surface area contributed by atoms with Gasteiger partial charge in [-0.25, -0.2) is 0 Å². The van der Waals surface area contributed by atoms with E-state index in [4.69, 9.17) is 10.00 Å². The number of nitrogens with zero attached hydrogens (tertiary/aromatic N) is 1. The molecule has 0 radical (unpaired) electrons. The largest absolute Gasteiger partial charge is 0.466 e. The Labute approximate surface area is 80.7 Å². The molecule has 1 atom stereocenters. The third-order valence-electron chi connectivity index (χ3n) is 1.26. The van der Waals surface area contributed by atoms with Crippen molar-refractivity contribution in [3.8, 4) is 6.07 Å². The number of carbonyl (C=O) groups excluding carboxylic acids is 1. The summed E-state index contributed by atoms with van der Waals surface area (Å²) < 4.78 is 4.71. The van der Waals surface area contributed by atoms with Gasteiger partial charge in [0.25, 0.3) is 0 Å². The molecule has 3 nitrogen and oxygen atoms in total. The summed E-state index contributed by atoms with van der Waals surface area (Å²) in [6, 6.07) is 2.01. The lowest BCUT2D eigenvalue weighted by atomic mass is 10.1. The number of rotatable bonds is 4. The normalized spacial score (nSPS) is 10.4. The fourth-order valence-electron chi connectivity index (χ4n) is 0.732. The maximum atomic E-state index is 10.8. The van der Waals surface area contributed by atoms with Crippen molar-refractivity contribution in [1.29, 1.82) is 5.26 Å². The molecule has 0 saturated carbocycles. The van der Waals surface area contributed by atoms with E-state index < -0.39 is 0 Å². The van der Waals surface area contributed by atoms with E-state index in [0.29, 0.717) is 19.4 Å². The molecule has 0 spiro atoms. The summed E-state index contributed by atoms with van der Waals surface area (Å²) in [6.45, 7) is 8.05. The lowest BCUT2D eigenvalue weighted by molar-refractivity contribution is -0.144. The molecule has 3 heteroatoms. The zero-order valence-corrected chi connectivity index (χ0v) is 8.96. The lowest BCUT2D eigenvalue weighted by Gasteiger charge is -2.04. The second-order valence-corrected chi connectivity index (χ2v) is 2.48. The van der Waals surface area contributed by atoms with Gasteiger partial charge in [0.2, 0.25) is 0 Å². The number of carbonyl (C=O) groups is 1. The van der Waals surface area contributed by atoms with Crippen molar-refractivity contribution >= 4 is 5.97 Å². The van der Waals surface area contributed by atoms with Crippen LogP contribution in [0.5, 0.6) is 0 Å². The minimum absolute atomic E-state index is 0.110. The maximum Gasteiger partial charge on any atom is 0.306 e. The molecule has 0 aromatic rings. The molecule has 0 heterocycles. The zero-order chi connectivity index (χ0) is 10.7. The topological polar surface area (TPSA) is 50.1 Å². The van der Waals surface area contributed by atoms with Crippen molar-refractivity contribution in [1.82, 2.24) is 0 Å². The van der Waals surface area contributed by atoms with E-state index in [1.54, 1.807) is 6.92 Å².